The van der Waals surface area contributed by atoms with Crippen LogP contribution in [0.1, 0.15) is 24.0 Å². The Morgan fingerprint density at radius 2 is 1.77 bits per heavy atom. The van der Waals surface area contributed by atoms with Gasteiger partial charge in [0.15, 0.2) is 0 Å². The van der Waals surface area contributed by atoms with Crippen molar-refractivity contribution in [3.05, 3.63) is 65.7 Å². The largest absolute Gasteiger partial charge is 0.341 e. The van der Waals surface area contributed by atoms with Gasteiger partial charge in [-0.15, -0.1) is 0 Å². The van der Waals surface area contributed by atoms with Crippen LogP contribution in [0.3, 0.4) is 0 Å². The first-order valence-electron chi connectivity index (χ1n) is 8.96. The number of nitrogens with two attached hydrogens (primary N) is 1. The third kappa shape index (κ3) is 4.29. The van der Waals surface area contributed by atoms with E-state index in [4.69, 9.17) is 5.73 Å². The van der Waals surface area contributed by atoms with Gasteiger partial charge in [-0.05, 0) is 35.7 Å². The highest BCUT2D eigenvalue weighted by molar-refractivity contribution is 5.88. The van der Waals surface area contributed by atoms with Crippen LogP contribution in [0.15, 0.2) is 54.6 Å². The number of carbonyl (C=O) groups is 2. The SMILES string of the molecule is CC(=O)Nc1ccc(CC(=O)N2C[C@@H](CN)[C@H](c3ccccc3)C2)cc1. The molecule has 1 aliphatic heterocycles. The highest BCUT2D eigenvalue weighted by atomic mass is 16.2. The predicted octanol–water partition coefficient (Wildman–Crippen LogP) is 2.39. The van der Waals surface area contributed by atoms with Crippen LogP contribution in [0.5, 0.6) is 0 Å². The lowest BCUT2D eigenvalue weighted by Gasteiger charge is -2.17. The standard InChI is InChI=1S/C21H25N3O2/c1-15(25)23-19-9-7-16(8-10-19)11-21(26)24-13-18(12-22)20(14-24)17-5-3-2-4-6-17/h2-10,18,20H,11-14,22H2,1H3,(H,23,25)/t18-,20+/m1/s1. The Morgan fingerprint density at radius 3 is 2.38 bits per heavy atom. The van der Waals surface area contributed by atoms with E-state index in [9.17, 15) is 9.59 Å². The van der Waals surface area contributed by atoms with E-state index in [1.807, 2.05) is 47.4 Å². The number of nitrogens with one attached hydrogen (secondary N) is 1. The molecule has 2 aromatic carbocycles. The molecular weight excluding hydrogens is 326 g/mol. The van der Waals surface area contributed by atoms with Gasteiger partial charge >= 0.3 is 0 Å². The molecule has 3 rings (SSSR count). The second-order valence-electron chi connectivity index (χ2n) is 6.87. The van der Waals surface area contributed by atoms with Crippen LogP contribution in [0.4, 0.5) is 5.69 Å². The average Bonchev–Trinajstić information content (AvgIpc) is 3.08. The molecule has 1 heterocycles. The van der Waals surface area contributed by atoms with Crippen molar-refractivity contribution < 1.29 is 9.59 Å². The maximum atomic E-state index is 12.7. The maximum absolute atomic E-state index is 12.7. The van der Waals surface area contributed by atoms with Crippen molar-refractivity contribution in [3.8, 4) is 0 Å². The van der Waals surface area contributed by atoms with Gasteiger partial charge in [-0.3, -0.25) is 9.59 Å². The molecule has 1 fully saturated rings. The fourth-order valence-electron chi connectivity index (χ4n) is 3.59. The highest BCUT2D eigenvalue weighted by Gasteiger charge is 2.35. The van der Waals surface area contributed by atoms with Crippen molar-refractivity contribution >= 4 is 17.5 Å². The fraction of sp³-hybridized carbons (Fsp3) is 0.333. The molecule has 0 unspecified atom stereocenters. The van der Waals surface area contributed by atoms with Gasteiger partial charge in [-0.1, -0.05) is 42.5 Å². The van der Waals surface area contributed by atoms with Gasteiger partial charge in [0.2, 0.25) is 11.8 Å². The molecule has 1 aliphatic rings. The van der Waals surface area contributed by atoms with Gasteiger partial charge in [0.1, 0.15) is 0 Å². The van der Waals surface area contributed by atoms with Gasteiger partial charge in [0.05, 0.1) is 6.42 Å². The van der Waals surface area contributed by atoms with E-state index < -0.39 is 0 Å². The van der Waals surface area contributed by atoms with Crippen molar-refractivity contribution in [3.63, 3.8) is 0 Å². The first kappa shape index (κ1) is 18.1. The minimum Gasteiger partial charge on any atom is -0.341 e. The molecule has 0 spiro atoms. The second-order valence-corrected chi connectivity index (χ2v) is 6.87. The first-order valence-corrected chi connectivity index (χ1v) is 8.96. The third-order valence-electron chi connectivity index (χ3n) is 4.95. The minimum atomic E-state index is -0.106. The average molecular weight is 351 g/mol. The molecule has 5 nitrogen and oxygen atoms in total. The number of anilines is 1. The van der Waals surface area contributed by atoms with E-state index >= 15 is 0 Å². The molecule has 3 N–H and O–H groups in total. The summed E-state index contributed by atoms with van der Waals surface area (Å²) >= 11 is 0. The lowest BCUT2D eigenvalue weighted by molar-refractivity contribution is -0.129. The van der Waals surface area contributed by atoms with Gasteiger partial charge in [0, 0.05) is 31.6 Å². The van der Waals surface area contributed by atoms with Gasteiger partial charge in [-0.25, -0.2) is 0 Å². The van der Waals surface area contributed by atoms with E-state index in [0.29, 0.717) is 37.9 Å². The smallest absolute Gasteiger partial charge is 0.227 e. The summed E-state index contributed by atoms with van der Waals surface area (Å²) in [5.74, 6) is 0.607. The molecular formula is C21H25N3O2. The van der Waals surface area contributed by atoms with E-state index in [2.05, 4.69) is 17.4 Å². The van der Waals surface area contributed by atoms with Crippen molar-refractivity contribution in [2.75, 3.05) is 25.0 Å². The lowest BCUT2D eigenvalue weighted by atomic mass is 9.89. The zero-order valence-electron chi connectivity index (χ0n) is 15.0. The van der Waals surface area contributed by atoms with Crippen LogP contribution in [0.25, 0.3) is 0 Å². The molecule has 0 bridgehead atoms. The Labute approximate surface area is 154 Å². The van der Waals surface area contributed by atoms with Crippen LogP contribution >= 0.6 is 0 Å². The lowest BCUT2D eigenvalue weighted by Crippen LogP contribution is -2.31. The van der Waals surface area contributed by atoms with Gasteiger partial charge in [-0.2, -0.15) is 0 Å². The van der Waals surface area contributed by atoms with Gasteiger partial charge in [0.25, 0.3) is 0 Å². The normalized spacial score (nSPS) is 19.4. The summed E-state index contributed by atoms with van der Waals surface area (Å²) in [4.78, 5) is 25.7. The van der Waals surface area contributed by atoms with E-state index in [-0.39, 0.29) is 11.8 Å². The number of likely N-dealkylation sites (tertiary alicyclic amines) is 1. The van der Waals surface area contributed by atoms with Crippen molar-refractivity contribution in [2.45, 2.75) is 19.3 Å². The highest BCUT2D eigenvalue weighted by Crippen LogP contribution is 2.32. The number of amides is 2. The molecule has 2 atom stereocenters. The van der Waals surface area contributed by atoms with Crippen LogP contribution in [0, 0.1) is 5.92 Å². The summed E-state index contributed by atoms with van der Waals surface area (Å²) in [5, 5.41) is 2.73. The van der Waals surface area contributed by atoms with Crippen LogP contribution in [-0.4, -0.2) is 36.3 Å². The summed E-state index contributed by atoms with van der Waals surface area (Å²) < 4.78 is 0. The Kier molecular flexibility index (Phi) is 5.68. The number of hydrogen-bond acceptors (Lipinski definition) is 3. The third-order valence-corrected chi connectivity index (χ3v) is 4.95. The Balaban J connectivity index is 1.64. The van der Waals surface area contributed by atoms with Crippen LogP contribution in [-0.2, 0) is 16.0 Å². The molecule has 0 aliphatic carbocycles. The Hall–Kier alpha value is -2.66. The topological polar surface area (TPSA) is 75.4 Å². The van der Waals surface area contributed by atoms with Crippen molar-refractivity contribution in [1.29, 1.82) is 0 Å². The molecule has 26 heavy (non-hydrogen) atoms. The maximum Gasteiger partial charge on any atom is 0.227 e. The zero-order valence-corrected chi connectivity index (χ0v) is 15.0. The number of hydrogen-bond donors (Lipinski definition) is 2. The van der Waals surface area contributed by atoms with E-state index in [1.165, 1.54) is 12.5 Å². The van der Waals surface area contributed by atoms with Crippen molar-refractivity contribution in [1.82, 2.24) is 4.90 Å². The molecule has 0 saturated carbocycles. The monoisotopic (exact) mass is 351 g/mol. The van der Waals surface area contributed by atoms with Crippen LogP contribution < -0.4 is 11.1 Å². The number of rotatable bonds is 5. The summed E-state index contributed by atoms with van der Waals surface area (Å²) in [5.41, 5.74) is 8.89. The van der Waals surface area contributed by atoms with Gasteiger partial charge < -0.3 is 16.0 Å². The minimum absolute atomic E-state index is 0.106. The van der Waals surface area contributed by atoms with Crippen LogP contribution in [0.2, 0.25) is 0 Å². The number of carbonyl (C=O) groups excluding carboxylic acids is 2. The van der Waals surface area contributed by atoms with Crippen molar-refractivity contribution in [2.24, 2.45) is 11.7 Å². The molecule has 5 heteroatoms. The number of benzene rings is 2. The van der Waals surface area contributed by atoms with E-state index in [0.717, 1.165) is 11.3 Å². The predicted molar refractivity (Wildman–Crippen MR) is 103 cm³/mol. The molecule has 2 amide bonds. The summed E-state index contributed by atoms with van der Waals surface area (Å²) in [6.07, 6.45) is 0.360. The van der Waals surface area contributed by atoms with E-state index in [1.54, 1.807) is 0 Å². The second kappa shape index (κ2) is 8.15. The molecule has 0 aromatic heterocycles. The summed E-state index contributed by atoms with van der Waals surface area (Å²) in [6, 6.07) is 17.7. The first-order chi connectivity index (χ1) is 12.6. The molecule has 0 radical (unpaired) electrons. The quantitative estimate of drug-likeness (QED) is 0.868. The Morgan fingerprint density at radius 1 is 1.08 bits per heavy atom. The Bertz CT molecular complexity index is 759. The fourth-order valence-corrected chi connectivity index (χ4v) is 3.59. The zero-order chi connectivity index (χ0) is 18.5. The molecule has 2 aromatic rings. The molecule has 1 saturated heterocycles. The molecule has 136 valence electrons. The number of nitrogens with zero attached hydrogens (tertiary/aromatic N) is 1. The summed E-state index contributed by atoms with van der Waals surface area (Å²) in [6.45, 7) is 3.48. The summed E-state index contributed by atoms with van der Waals surface area (Å²) in [7, 11) is 0.